The van der Waals surface area contributed by atoms with Gasteiger partial charge in [-0.2, -0.15) is 0 Å². The summed E-state index contributed by atoms with van der Waals surface area (Å²) in [7, 11) is 1.58. The molecule has 0 atom stereocenters. The van der Waals surface area contributed by atoms with Crippen LogP contribution >= 0.6 is 27.3 Å². The van der Waals surface area contributed by atoms with Gasteiger partial charge in [0, 0.05) is 17.1 Å². The second-order valence-corrected chi connectivity index (χ2v) is 5.37. The largest absolute Gasteiger partial charge is 0.377 e. The lowest BCUT2D eigenvalue weighted by Gasteiger charge is -2.00. The number of rotatable bonds is 4. The highest BCUT2D eigenvalue weighted by Gasteiger charge is 2.09. The molecule has 5 nitrogen and oxygen atoms in total. The number of ether oxygens (including phenoxy) is 1. The van der Waals surface area contributed by atoms with Crippen LogP contribution in [0, 0.1) is 0 Å². The van der Waals surface area contributed by atoms with Gasteiger partial charge in [-0.1, -0.05) is 27.3 Å². The average molecular weight is 328 g/mol. The van der Waals surface area contributed by atoms with Gasteiger partial charge in [-0.3, -0.25) is 10.1 Å². The summed E-state index contributed by atoms with van der Waals surface area (Å²) in [5.74, 6) is -0.206. The van der Waals surface area contributed by atoms with Gasteiger partial charge in [-0.05, 0) is 24.3 Å². The minimum absolute atomic E-state index is 0.206. The fourth-order valence-corrected chi connectivity index (χ4v) is 2.23. The van der Waals surface area contributed by atoms with Gasteiger partial charge in [0.15, 0.2) is 0 Å². The Balaban J connectivity index is 2.04. The van der Waals surface area contributed by atoms with E-state index in [1.54, 1.807) is 19.2 Å². The Morgan fingerprint density at radius 3 is 2.78 bits per heavy atom. The molecular formula is C11H10BrN3O2S. The number of hydrogen-bond acceptors (Lipinski definition) is 5. The second-order valence-electron chi connectivity index (χ2n) is 3.39. The van der Waals surface area contributed by atoms with E-state index in [0.29, 0.717) is 17.3 Å². The molecule has 0 aliphatic carbocycles. The predicted octanol–water partition coefficient (Wildman–Crippen LogP) is 2.70. The summed E-state index contributed by atoms with van der Waals surface area (Å²) in [4.78, 5) is 11.9. The highest BCUT2D eigenvalue weighted by molar-refractivity contribution is 9.10. The quantitative estimate of drug-likeness (QED) is 0.937. The van der Waals surface area contributed by atoms with Gasteiger partial charge >= 0.3 is 0 Å². The number of amides is 1. The Morgan fingerprint density at radius 2 is 2.11 bits per heavy atom. The number of nitrogens with zero attached hydrogens (tertiary/aromatic N) is 2. The van der Waals surface area contributed by atoms with Crippen LogP contribution in [0.1, 0.15) is 15.4 Å². The number of carbonyl (C=O) groups is 1. The van der Waals surface area contributed by atoms with Crippen LogP contribution in [0.2, 0.25) is 0 Å². The van der Waals surface area contributed by atoms with Gasteiger partial charge in [-0.25, -0.2) is 0 Å². The maximum absolute atomic E-state index is 11.9. The summed E-state index contributed by atoms with van der Waals surface area (Å²) >= 11 is 4.61. The van der Waals surface area contributed by atoms with Crippen molar-refractivity contribution >= 4 is 38.3 Å². The summed E-state index contributed by atoms with van der Waals surface area (Å²) in [6.45, 7) is 0.395. The highest BCUT2D eigenvalue weighted by Crippen LogP contribution is 2.17. The summed E-state index contributed by atoms with van der Waals surface area (Å²) < 4.78 is 5.86. The molecule has 0 saturated heterocycles. The number of halogens is 1. The molecule has 0 bridgehead atoms. The van der Waals surface area contributed by atoms with Crippen molar-refractivity contribution in [1.82, 2.24) is 10.2 Å². The molecule has 2 aromatic rings. The van der Waals surface area contributed by atoms with E-state index in [1.165, 1.54) is 11.3 Å². The van der Waals surface area contributed by atoms with Crippen molar-refractivity contribution in [3.05, 3.63) is 39.3 Å². The number of hydrogen-bond donors (Lipinski definition) is 1. The third-order valence-corrected chi connectivity index (χ3v) is 3.40. The number of carbonyl (C=O) groups excluding carboxylic acids is 1. The van der Waals surface area contributed by atoms with Crippen molar-refractivity contribution in [1.29, 1.82) is 0 Å². The first-order valence-electron chi connectivity index (χ1n) is 5.07. The molecule has 0 saturated carbocycles. The van der Waals surface area contributed by atoms with E-state index in [9.17, 15) is 4.79 Å². The molecule has 1 aromatic heterocycles. The SMILES string of the molecule is COCc1nnc(NC(=O)c2ccc(Br)cc2)s1. The molecule has 0 fully saturated rings. The van der Waals surface area contributed by atoms with E-state index in [-0.39, 0.29) is 5.91 Å². The van der Waals surface area contributed by atoms with Crippen molar-refractivity contribution in [2.45, 2.75) is 6.61 Å². The fraction of sp³-hybridized carbons (Fsp3) is 0.182. The molecule has 1 heterocycles. The number of nitrogens with one attached hydrogen (secondary N) is 1. The zero-order valence-electron chi connectivity index (χ0n) is 9.51. The summed E-state index contributed by atoms with van der Waals surface area (Å²) in [5, 5.41) is 11.6. The van der Waals surface area contributed by atoms with Crippen LogP contribution in [0.3, 0.4) is 0 Å². The van der Waals surface area contributed by atoms with Crippen molar-refractivity contribution in [2.75, 3.05) is 12.4 Å². The molecule has 0 aliphatic heterocycles. The lowest BCUT2D eigenvalue weighted by atomic mass is 10.2. The number of anilines is 1. The molecule has 18 heavy (non-hydrogen) atoms. The first-order chi connectivity index (χ1) is 8.69. The third-order valence-electron chi connectivity index (χ3n) is 2.06. The number of aromatic nitrogens is 2. The molecule has 7 heteroatoms. The maximum atomic E-state index is 11.9. The first-order valence-corrected chi connectivity index (χ1v) is 6.68. The van der Waals surface area contributed by atoms with E-state index in [1.807, 2.05) is 12.1 Å². The van der Waals surface area contributed by atoms with Gasteiger partial charge < -0.3 is 4.74 Å². The Kier molecular flexibility index (Phi) is 4.40. The highest BCUT2D eigenvalue weighted by atomic mass is 79.9. The van der Waals surface area contributed by atoms with E-state index in [4.69, 9.17) is 4.74 Å². The molecule has 1 aromatic carbocycles. The zero-order valence-corrected chi connectivity index (χ0v) is 11.9. The van der Waals surface area contributed by atoms with Crippen molar-refractivity contribution < 1.29 is 9.53 Å². The monoisotopic (exact) mass is 327 g/mol. The molecule has 94 valence electrons. The molecule has 1 N–H and O–H groups in total. The molecule has 1 amide bonds. The van der Waals surface area contributed by atoms with Crippen LogP contribution in [0.5, 0.6) is 0 Å². The van der Waals surface area contributed by atoms with Gasteiger partial charge in [0.1, 0.15) is 11.6 Å². The molecule has 0 spiro atoms. The molecule has 0 unspecified atom stereocenters. The predicted molar refractivity (Wildman–Crippen MR) is 72.7 cm³/mol. The van der Waals surface area contributed by atoms with Gasteiger partial charge in [-0.15, -0.1) is 10.2 Å². The first kappa shape index (κ1) is 13.1. The van der Waals surface area contributed by atoms with Gasteiger partial charge in [0.2, 0.25) is 5.13 Å². The number of benzene rings is 1. The van der Waals surface area contributed by atoms with Crippen LogP contribution < -0.4 is 5.32 Å². The van der Waals surface area contributed by atoms with E-state index >= 15 is 0 Å². The molecule has 0 radical (unpaired) electrons. The van der Waals surface area contributed by atoms with E-state index < -0.39 is 0 Å². The Hall–Kier alpha value is -1.31. The van der Waals surface area contributed by atoms with Crippen LogP contribution in [0.15, 0.2) is 28.7 Å². The summed E-state index contributed by atoms with van der Waals surface area (Å²) in [5.41, 5.74) is 0.571. The molecule has 0 aliphatic rings. The van der Waals surface area contributed by atoms with Crippen LogP contribution in [0.4, 0.5) is 5.13 Å². The minimum Gasteiger partial charge on any atom is -0.377 e. The van der Waals surface area contributed by atoms with Gasteiger partial charge in [0.05, 0.1) is 0 Å². The molecular weight excluding hydrogens is 318 g/mol. The van der Waals surface area contributed by atoms with E-state index in [2.05, 4.69) is 31.4 Å². The topological polar surface area (TPSA) is 64.1 Å². The normalized spacial score (nSPS) is 10.3. The van der Waals surface area contributed by atoms with Crippen molar-refractivity contribution in [2.24, 2.45) is 0 Å². The summed E-state index contributed by atoms with van der Waals surface area (Å²) in [6.07, 6.45) is 0. The maximum Gasteiger partial charge on any atom is 0.257 e. The minimum atomic E-state index is -0.206. The van der Waals surface area contributed by atoms with Crippen molar-refractivity contribution in [3.63, 3.8) is 0 Å². The van der Waals surface area contributed by atoms with Gasteiger partial charge in [0.25, 0.3) is 5.91 Å². The Bertz CT molecular complexity index is 541. The van der Waals surface area contributed by atoms with Crippen molar-refractivity contribution in [3.8, 4) is 0 Å². The summed E-state index contributed by atoms with van der Waals surface area (Å²) in [6, 6.07) is 7.09. The van der Waals surface area contributed by atoms with E-state index in [0.717, 1.165) is 9.48 Å². The smallest absolute Gasteiger partial charge is 0.257 e. The lowest BCUT2D eigenvalue weighted by Crippen LogP contribution is -2.11. The second kappa shape index (κ2) is 6.03. The Labute approximate surface area is 116 Å². The zero-order chi connectivity index (χ0) is 13.0. The Morgan fingerprint density at radius 1 is 1.39 bits per heavy atom. The van der Waals surface area contributed by atoms with Crippen LogP contribution in [0.25, 0.3) is 0 Å². The number of methoxy groups -OCH3 is 1. The lowest BCUT2D eigenvalue weighted by molar-refractivity contribution is 0.102. The van der Waals surface area contributed by atoms with Crippen LogP contribution in [-0.4, -0.2) is 23.2 Å². The third kappa shape index (κ3) is 3.34. The fourth-order valence-electron chi connectivity index (χ4n) is 1.26. The molecule has 2 rings (SSSR count). The average Bonchev–Trinajstić information content (AvgIpc) is 2.78. The standard InChI is InChI=1S/C11H10BrN3O2S/c1-17-6-9-14-15-11(18-9)13-10(16)7-2-4-8(12)5-3-7/h2-5H,6H2,1H3,(H,13,15,16). The van der Waals surface area contributed by atoms with Crippen LogP contribution in [-0.2, 0) is 11.3 Å².